The predicted molar refractivity (Wildman–Crippen MR) is 238 cm³/mol. The van der Waals surface area contributed by atoms with E-state index in [2.05, 4.69) is 26.1 Å². The number of hydrogen-bond donors (Lipinski definition) is 4. The van der Waals surface area contributed by atoms with Gasteiger partial charge < -0.3 is 30.6 Å². The zero-order valence-corrected chi connectivity index (χ0v) is 36.6. The highest BCUT2D eigenvalue weighted by Crippen LogP contribution is 2.45. The number of thioether (sulfide) groups is 1. The number of fused-ring (bicyclic) bond motifs is 1. The number of β-lactam (4-membered cyclic amide) rings is 1. The van der Waals surface area contributed by atoms with Gasteiger partial charge >= 0.3 is 12.1 Å². The summed E-state index contributed by atoms with van der Waals surface area (Å²) in [6.07, 6.45) is 2.11. The molecule has 0 radical (unpaired) electrons. The number of aromatic nitrogens is 2. The molecule has 0 bridgehead atoms. The highest BCUT2D eigenvalue weighted by Gasteiger charge is 2.54. The van der Waals surface area contributed by atoms with Crippen molar-refractivity contribution in [3.63, 3.8) is 0 Å². The number of nitrogens with zero attached hydrogens (tertiary/aromatic N) is 4. The van der Waals surface area contributed by atoms with Crippen LogP contribution in [0.1, 0.15) is 61.7 Å². The second-order valence-electron chi connectivity index (χ2n) is 15.3. The Kier molecular flexibility index (Phi) is 13.3. The van der Waals surface area contributed by atoms with Crippen LogP contribution in [-0.2, 0) is 35.9 Å². The molecule has 1 saturated heterocycles. The minimum Gasteiger partial charge on any atom is -0.477 e. The first-order valence-electron chi connectivity index (χ1n) is 19.7. The number of allylic oxidation sites excluding steroid dienone is 1. The molecule has 0 aliphatic carbocycles. The van der Waals surface area contributed by atoms with Gasteiger partial charge in [-0.15, -0.1) is 0 Å². The number of alkyl carbamates (subject to hydrolysis) is 1. The van der Waals surface area contributed by atoms with Crippen LogP contribution in [0.3, 0.4) is 0 Å². The van der Waals surface area contributed by atoms with Gasteiger partial charge in [-0.05, 0) is 62.4 Å². The molecule has 2 atom stereocenters. The van der Waals surface area contributed by atoms with Crippen LogP contribution < -0.4 is 16.0 Å². The van der Waals surface area contributed by atoms with Gasteiger partial charge in [0.25, 0.3) is 11.8 Å². The molecular formula is C45H44ClN7O7S2. The molecule has 0 spiro atoms. The molecule has 2 aliphatic heterocycles. The van der Waals surface area contributed by atoms with E-state index in [0.29, 0.717) is 39.9 Å². The predicted octanol–water partition coefficient (Wildman–Crippen LogP) is 7.59. The topological polar surface area (TPSA) is 184 Å². The van der Waals surface area contributed by atoms with E-state index in [1.165, 1.54) is 23.8 Å². The standard InChI is InChI=1S/C45H44ClN7O7S2/c1-44(2,3)60-43(58)48-26-24-30-32(21-14-25-47-30)61-33-23-22-31-34(40(55)53(31)37(33)41(56)57)49-39(54)36(52-59-4)35-38(46)62-42(50-35)51-45(27-15-8-5-9-16-27,28-17-10-6-11-18-28)29-19-12-7-13-20-29/h5-21,25,31,34H,22-24,26H2,1-4H3,(H,48,58)(H,49,54)(H,50,51)(H,56,57). The summed E-state index contributed by atoms with van der Waals surface area (Å²) < 4.78 is 5.46. The molecule has 4 heterocycles. The quantitative estimate of drug-likeness (QED) is 0.0352. The Morgan fingerprint density at radius 2 is 1.56 bits per heavy atom. The maximum atomic E-state index is 14.0. The van der Waals surface area contributed by atoms with Gasteiger partial charge in [0, 0.05) is 29.0 Å². The average Bonchev–Trinajstić information content (AvgIpc) is 3.62. The first-order chi connectivity index (χ1) is 29.8. The SMILES string of the molecule is CON=C(C(=O)NC1C(=O)N2C(C(=O)O)=C(Sc3cccnc3CCNC(=O)OC(C)(C)C)CCC12)c1nc(NC(c2ccccc2)(c2ccccc2)c2ccccc2)sc1Cl. The van der Waals surface area contributed by atoms with Gasteiger partial charge in [-0.1, -0.05) is 131 Å². The Hall–Kier alpha value is -6.23. The number of amides is 3. The van der Waals surface area contributed by atoms with Crippen LogP contribution in [0.5, 0.6) is 0 Å². The van der Waals surface area contributed by atoms with E-state index in [1.54, 1.807) is 33.0 Å². The van der Waals surface area contributed by atoms with Crippen LogP contribution in [0, 0.1) is 0 Å². The fraction of sp³-hybridized carbons (Fsp3) is 0.267. The maximum absolute atomic E-state index is 14.0. The van der Waals surface area contributed by atoms with Crippen molar-refractivity contribution >= 4 is 69.4 Å². The van der Waals surface area contributed by atoms with Gasteiger partial charge in [0.2, 0.25) is 0 Å². The lowest BCUT2D eigenvalue weighted by atomic mass is 9.77. The summed E-state index contributed by atoms with van der Waals surface area (Å²) in [6.45, 7) is 5.56. The number of carboxylic acid groups (broad SMARTS) is 1. The lowest BCUT2D eigenvalue weighted by Crippen LogP contribution is -2.72. The Labute approximate surface area is 371 Å². The first-order valence-corrected chi connectivity index (χ1v) is 21.7. The number of carbonyl (C=O) groups excluding carboxylic acids is 3. The number of thiazole rings is 1. The smallest absolute Gasteiger partial charge is 0.407 e. The second-order valence-corrected chi connectivity index (χ2v) is 18.0. The summed E-state index contributed by atoms with van der Waals surface area (Å²) in [7, 11) is 1.28. The van der Waals surface area contributed by atoms with Gasteiger partial charge in [-0.3, -0.25) is 19.5 Å². The highest BCUT2D eigenvalue weighted by molar-refractivity contribution is 8.03. The van der Waals surface area contributed by atoms with Gasteiger partial charge in [-0.2, -0.15) is 0 Å². The zero-order valence-electron chi connectivity index (χ0n) is 34.3. The molecule has 14 nitrogen and oxygen atoms in total. The number of rotatable bonds is 15. The molecule has 5 aromatic rings. The number of pyridine rings is 1. The molecule has 2 unspecified atom stereocenters. The molecule has 0 saturated carbocycles. The first kappa shape index (κ1) is 43.8. The summed E-state index contributed by atoms with van der Waals surface area (Å²) in [5, 5.41) is 23.9. The van der Waals surface area contributed by atoms with E-state index in [-0.39, 0.29) is 28.0 Å². The average molecular weight is 894 g/mol. The highest BCUT2D eigenvalue weighted by atomic mass is 35.5. The van der Waals surface area contributed by atoms with Crippen molar-refractivity contribution in [2.75, 3.05) is 19.0 Å². The fourth-order valence-corrected chi connectivity index (χ4v) is 9.78. The minimum absolute atomic E-state index is 0.0345. The van der Waals surface area contributed by atoms with Crippen molar-refractivity contribution in [1.29, 1.82) is 0 Å². The number of nitrogens with one attached hydrogen (secondary N) is 3. The van der Waals surface area contributed by atoms with E-state index in [0.717, 1.165) is 28.0 Å². The van der Waals surface area contributed by atoms with Crippen molar-refractivity contribution in [3.05, 3.63) is 152 Å². The number of oxime groups is 1. The Balaban J connectivity index is 1.10. The number of halogens is 1. The normalized spacial score (nSPS) is 16.5. The molecule has 17 heteroatoms. The molecule has 3 aromatic carbocycles. The third kappa shape index (κ3) is 9.32. The monoisotopic (exact) mass is 893 g/mol. The number of hydrogen-bond acceptors (Lipinski definition) is 12. The van der Waals surface area contributed by atoms with Crippen LogP contribution >= 0.6 is 34.7 Å². The Morgan fingerprint density at radius 3 is 2.13 bits per heavy atom. The van der Waals surface area contributed by atoms with Crippen LogP contribution in [0.2, 0.25) is 4.34 Å². The molecule has 320 valence electrons. The van der Waals surface area contributed by atoms with E-state index >= 15 is 0 Å². The zero-order chi connectivity index (χ0) is 44.0. The van der Waals surface area contributed by atoms with E-state index in [4.69, 9.17) is 26.2 Å². The molecule has 62 heavy (non-hydrogen) atoms. The Morgan fingerprint density at radius 1 is 0.952 bits per heavy atom. The van der Waals surface area contributed by atoms with Gasteiger partial charge in [0.1, 0.15) is 40.0 Å². The molecular weight excluding hydrogens is 850 g/mol. The third-order valence-electron chi connectivity index (χ3n) is 10.1. The van der Waals surface area contributed by atoms with Crippen LogP contribution in [0.25, 0.3) is 0 Å². The summed E-state index contributed by atoms with van der Waals surface area (Å²) in [5.41, 5.74) is 1.46. The van der Waals surface area contributed by atoms with E-state index < -0.39 is 47.1 Å². The van der Waals surface area contributed by atoms with Crippen LogP contribution in [0.4, 0.5) is 9.93 Å². The molecule has 2 aliphatic rings. The third-order valence-corrected chi connectivity index (χ3v) is 12.5. The number of aliphatic carboxylic acids is 1. The number of ether oxygens (including phenoxy) is 1. The lowest BCUT2D eigenvalue weighted by molar-refractivity contribution is -0.155. The van der Waals surface area contributed by atoms with E-state index in [9.17, 15) is 24.3 Å². The summed E-state index contributed by atoms with van der Waals surface area (Å²) in [6, 6.07) is 31.6. The largest absolute Gasteiger partial charge is 0.477 e. The summed E-state index contributed by atoms with van der Waals surface area (Å²) in [5.74, 6) is -2.64. The van der Waals surface area contributed by atoms with E-state index in [1.807, 2.05) is 97.1 Å². The van der Waals surface area contributed by atoms with Gasteiger partial charge in [0.15, 0.2) is 10.8 Å². The molecule has 3 amide bonds. The summed E-state index contributed by atoms with van der Waals surface area (Å²) >= 11 is 9.17. The lowest BCUT2D eigenvalue weighted by Gasteiger charge is -2.50. The van der Waals surface area contributed by atoms with Crippen molar-refractivity contribution in [1.82, 2.24) is 25.5 Å². The number of carboxylic acids is 1. The summed E-state index contributed by atoms with van der Waals surface area (Å²) in [4.78, 5) is 69.5. The molecule has 7 rings (SSSR count). The number of carbonyl (C=O) groups is 4. The van der Waals surface area contributed by atoms with Crippen molar-refractivity contribution < 1.29 is 33.9 Å². The van der Waals surface area contributed by atoms with Crippen molar-refractivity contribution in [2.45, 2.75) is 68.2 Å². The minimum atomic E-state index is -1.28. The number of benzene rings is 3. The van der Waals surface area contributed by atoms with Crippen LogP contribution in [0.15, 0.2) is 130 Å². The van der Waals surface area contributed by atoms with Gasteiger partial charge in [-0.25, -0.2) is 14.6 Å². The molecule has 1 fully saturated rings. The fourth-order valence-electron chi connectivity index (χ4n) is 7.50. The van der Waals surface area contributed by atoms with Gasteiger partial charge in [0.05, 0.1) is 11.7 Å². The molecule has 2 aromatic heterocycles. The van der Waals surface area contributed by atoms with Crippen molar-refractivity contribution in [2.24, 2.45) is 5.16 Å². The Bertz CT molecular complexity index is 2420. The maximum Gasteiger partial charge on any atom is 0.407 e. The van der Waals surface area contributed by atoms with Crippen molar-refractivity contribution in [3.8, 4) is 0 Å². The molecule has 4 N–H and O–H groups in total. The number of anilines is 1. The van der Waals surface area contributed by atoms with Crippen LogP contribution in [-0.4, -0.2) is 80.9 Å². The second kappa shape index (κ2) is 18.8.